The molecule has 3 N–H and O–H groups in total. The summed E-state index contributed by atoms with van der Waals surface area (Å²) in [6.07, 6.45) is 1.28. The van der Waals surface area contributed by atoms with Gasteiger partial charge >= 0.3 is 0 Å². The fourth-order valence-corrected chi connectivity index (χ4v) is 1.86. The normalized spacial score (nSPS) is 12.2. The molecule has 0 saturated heterocycles. The van der Waals surface area contributed by atoms with Crippen LogP contribution < -0.4 is 5.32 Å². The van der Waals surface area contributed by atoms with Crippen LogP contribution in [0.3, 0.4) is 0 Å². The Balaban J connectivity index is 2.32. The molecular formula is C14H16FN3O3. The maximum absolute atomic E-state index is 13.1. The van der Waals surface area contributed by atoms with Crippen LogP contribution in [0.1, 0.15) is 23.0 Å². The van der Waals surface area contributed by atoms with E-state index in [2.05, 4.69) is 10.4 Å². The third-order valence-corrected chi connectivity index (χ3v) is 2.97. The highest BCUT2D eigenvalue weighted by Gasteiger charge is 2.19. The van der Waals surface area contributed by atoms with Crippen LogP contribution in [-0.4, -0.2) is 38.5 Å². The van der Waals surface area contributed by atoms with Gasteiger partial charge in [0.2, 0.25) is 0 Å². The van der Waals surface area contributed by atoms with Gasteiger partial charge in [-0.25, -0.2) is 9.07 Å². The molecule has 1 unspecified atom stereocenters. The van der Waals surface area contributed by atoms with Crippen LogP contribution in [-0.2, 0) is 0 Å². The van der Waals surface area contributed by atoms with E-state index < -0.39 is 11.9 Å². The van der Waals surface area contributed by atoms with Gasteiger partial charge in [0, 0.05) is 6.04 Å². The van der Waals surface area contributed by atoms with Gasteiger partial charge in [0.05, 0.1) is 18.5 Å². The first-order valence-corrected chi connectivity index (χ1v) is 6.39. The summed E-state index contributed by atoms with van der Waals surface area (Å²) in [4.78, 5) is 11.9. The van der Waals surface area contributed by atoms with Crippen LogP contribution in [0.4, 0.5) is 4.39 Å². The van der Waals surface area contributed by atoms with E-state index in [4.69, 9.17) is 5.11 Å². The Bertz CT molecular complexity index is 669. The second-order valence-electron chi connectivity index (χ2n) is 4.80. The molecule has 21 heavy (non-hydrogen) atoms. The number of hydrogen-bond donors (Lipinski definition) is 3. The van der Waals surface area contributed by atoms with E-state index in [1.54, 1.807) is 13.8 Å². The van der Waals surface area contributed by atoms with Gasteiger partial charge in [-0.1, -0.05) is 0 Å². The van der Waals surface area contributed by atoms with Crippen molar-refractivity contribution >= 4 is 5.91 Å². The molecule has 1 aromatic heterocycles. The van der Waals surface area contributed by atoms with Crippen molar-refractivity contribution in [2.24, 2.45) is 0 Å². The third kappa shape index (κ3) is 3.19. The number of carbonyl (C=O) groups is 1. The minimum atomic E-state index is -0.590. The van der Waals surface area contributed by atoms with Crippen molar-refractivity contribution in [2.45, 2.75) is 19.9 Å². The topological polar surface area (TPSA) is 87.4 Å². The van der Waals surface area contributed by atoms with E-state index >= 15 is 0 Å². The fraction of sp³-hybridized carbons (Fsp3) is 0.286. The summed E-state index contributed by atoms with van der Waals surface area (Å²) in [6.45, 7) is 3.10. The minimum absolute atomic E-state index is 0.154. The molecule has 0 fully saturated rings. The number of benzene rings is 1. The molecule has 0 spiro atoms. The third-order valence-electron chi connectivity index (χ3n) is 2.97. The summed E-state index contributed by atoms with van der Waals surface area (Å²) in [5.74, 6) is -1.25. The molecule has 2 rings (SSSR count). The summed E-state index contributed by atoms with van der Waals surface area (Å²) in [5.41, 5.74) is 1.02. The summed E-state index contributed by atoms with van der Waals surface area (Å²) < 4.78 is 14.4. The number of amides is 1. The Morgan fingerprint density at radius 1 is 1.52 bits per heavy atom. The zero-order valence-corrected chi connectivity index (χ0v) is 11.7. The van der Waals surface area contributed by atoms with Gasteiger partial charge < -0.3 is 15.5 Å². The smallest absolute Gasteiger partial charge is 0.275 e. The van der Waals surface area contributed by atoms with Gasteiger partial charge in [-0.05, 0) is 37.6 Å². The van der Waals surface area contributed by atoms with E-state index in [1.165, 1.54) is 29.1 Å². The number of aromatic nitrogens is 2. The number of carbonyl (C=O) groups excluding carboxylic acids is 1. The number of nitrogens with one attached hydrogen (secondary N) is 1. The molecule has 7 heteroatoms. The van der Waals surface area contributed by atoms with Crippen LogP contribution in [0.15, 0.2) is 24.4 Å². The number of rotatable bonds is 4. The van der Waals surface area contributed by atoms with E-state index in [0.717, 1.165) is 0 Å². The number of aliphatic hydroxyl groups is 1. The Labute approximate surface area is 120 Å². The van der Waals surface area contributed by atoms with E-state index in [0.29, 0.717) is 11.3 Å². The Morgan fingerprint density at radius 2 is 2.24 bits per heavy atom. The number of halogens is 1. The molecule has 0 bridgehead atoms. The monoisotopic (exact) mass is 293 g/mol. The maximum Gasteiger partial charge on any atom is 0.275 e. The van der Waals surface area contributed by atoms with Crippen LogP contribution in [0.5, 0.6) is 5.75 Å². The largest absolute Gasteiger partial charge is 0.504 e. The van der Waals surface area contributed by atoms with Gasteiger partial charge in [0.25, 0.3) is 5.91 Å². The number of nitrogens with zero attached hydrogens (tertiary/aromatic N) is 2. The molecule has 1 amide bonds. The Morgan fingerprint density at radius 3 is 2.86 bits per heavy atom. The second-order valence-corrected chi connectivity index (χ2v) is 4.80. The first-order chi connectivity index (χ1) is 9.92. The number of aromatic hydroxyl groups is 1. The van der Waals surface area contributed by atoms with Crippen molar-refractivity contribution in [2.75, 3.05) is 6.61 Å². The average molecular weight is 293 g/mol. The summed E-state index contributed by atoms with van der Waals surface area (Å²) in [6, 6.07) is 3.67. The zero-order chi connectivity index (χ0) is 15.6. The molecule has 0 radical (unpaired) electrons. The molecule has 112 valence electrons. The molecule has 0 aliphatic rings. The molecular weight excluding hydrogens is 277 g/mol. The van der Waals surface area contributed by atoms with Crippen molar-refractivity contribution in [3.63, 3.8) is 0 Å². The molecule has 0 aliphatic carbocycles. The van der Waals surface area contributed by atoms with Crippen molar-refractivity contribution in [3.8, 4) is 11.4 Å². The molecule has 1 atom stereocenters. The molecule has 2 aromatic rings. The van der Waals surface area contributed by atoms with Crippen molar-refractivity contribution in [1.82, 2.24) is 15.1 Å². The molecule has 1 heterocycles. The van der Waals surface area contributed by atoms with Gasteiger partial charge in [-0.3, -0.25) is 4.79 Å². The van der Waals surface area contributed by atoms with Crippen molar-refractivity contribution in [3.05, 3.63) is 41.5 Å². The van der Waals surface area contributed by atoms with Gasteiger partial charge in [0.15, 0.2) is 11.4 Å². The molecule has 0 aliphatic heterocycles. The summed E-state index contributed by atoms with van der Waals surface area (Å²) in [7, 11) is 0. The van der Waals surface area contributed by atoms with Crippen molar-refractivity contribution in [1.29, 1.82) is 0 Å². The number of aryl methyl sites for hydroxylation is 1. The molecule has 1 aromatic carbocycles. The first-order valence-electron chi connectivity index (χ1n) is 6.39. The lowest BCUT2D eigenvalue weighted by Gasteiger charge is -2.09. The van der Waals surface area contributed by atoms with E-state index in [9.17, 15) is 14.3 Å². The number of hydrogen-bond acceptors (Lipinski definition) is 4. The first kappa shape index (κ1) is 15.0. The van der Waals surface area contributed by atoms with Gasteiger partial charge in [0.1, 0.15) is 5.82 Å². The lowest BCUT2D eigenvalue weighted by atomic mass is 10.2. The van der Waals surface area contributed by atoms with E-state index in [-0.39, 0.29) is 23.9 Å². The summed E-state index contributed by atoms with van der Waals surface area (Å²) in [5, 5.41) is 25.2. The van der Waals surface area contributed by atoms with Crippen LogP contribution in [0.25, 0.3) is 5.69 Å². The van der Waals surface area contributed by atoms with Crippen LogP contribution >= 0.6 is 0 Å². The summed E-state index contributed by atoms with van der Waals surface area (Å²) >= 11 is 0. The maximum atomic E-state index is 13.1. The standard InChI is InChI=1S/C14H16FN3O3/c1-8-5-10(15)3-4-11(8)18-6-12(20)13(17-18)14(21)16-9(2)7-19/h3-6,9,19-20H,7H2,1-2H3,(H,16,21). The predicted molar refractivity (Wildman–Crippen MR) is 73.9 cm³/mol. The Hall–Kier alpha value is -2.41. The lowest BCUT2D eigenvalue weighted by Crippen LogP contribution is -2.35. The van der Waals surface area contributed by atoms with Gasteiger partial charge in [-0.2, -0.15) is 5.10 Å². The molecule has 0 saturated carbocycles. The second kappa shape index (κ2) is 5.92. The van der Waals surface area contributed by atoms with E-state index in [1.807, 2.05) is 0 Å². The highest BCUT2D eigenvalue weighted by molar-refractivity contribution is 5.95. The fourth-order valence-electron chi connectivity index (χ4n) is 1.86. The van der Waals surface area contributed by atoms with Crippen LogP contribution in [0, 0.1) is 12.7 Å². The quantitative estimate of drug-likeness (QED) is 0.789. The lowest BCUT2D eigenvalue weighted by molar-refractivity contribution is 0.0914. The van der Waals surface area contributed by atoms with Crippen molar-refractivity contribution < 1.29 is 19.4 Å². The zero-order valence-electron chi connectivity index (χ0n) is 11.7. The predicted octanol–water partition coefficient (Wildman–Crippen LogP) is 1.14. The highest BCUT2D eigenvalue weighted by atomic mass is 19.1. The van der Waals surface area contributed by atoms with Crippen LogP contribution in [0.2, 0.25) is 0 Å². The van der Waals surface area contributed by atoms with Gasteiger partial charge in [-0.15, -0.1) is 0 Å². The number of aliphatic hydroxyl groups excluding tert-OH is 1. The minimum Gasteiger partial charge on any atom is -0.504 e. The SMILES string of the molecule is Cc1cc(F)ccc1-n1cc(O)c(C(=O)NC(C)CO)n1. The average Bonchev–Trinajstić information content (AvgIpc) is 2.80. The molecule has 6 nitrogen and oxygen atoms in total. The Kier molecular flexibility index (Phi) is 4.23. The highest BCUT2D eigenvalue weighted by Crippen LogP contribution is 2.21.